The largest absolute Gasteiger partial charge is 0.486 e. The summed E-state index contributed by atoms with van der Waals surface area (Å²) in [4.78, 5) is 18.3. The number of allylic oxidation sites excluding steroid dienone is 2. The number of nitrogens with zero attached hydrogens (tertiary/aromatic N) is 5. The molecule has 1 aliphatic heterocycles. The molecule has 36 heavy (non-hydrogen) atoms. The minimum Gasteiger partial charge on any atom is -0.486 e. The van der Waals surface area contributed by atoms with Gasteiger partial charge in [-0.2, -0.15) is 0 Å². The zero-order valence-electron chi connectivity index (χ0n) is 20.0. The van der Waals surface area contributed by atoms with Gasteiger partial charge in [-0.15, -0.1) is 0 Å². The van der Waals surface area contributed by atoms with Crippen LogP contribution in [0.3, 0.4) is 0 Å². The van der Waals surface area contributed by atoms with Crippen LogP contribution in [-0.4, -0.2) is 36.4 Å². The molecule has 8 nitrogen and oxygen atoms in total. The summed E-state index contributed by atoms with van der Waals surface area (Å²) in [5, 5.41) is 21.3. The highest BCUT2D eigenvalue weighted by Crippen LogP contribution is 2.36. The van der Waals surface area contributed by atoms with Gasteiger partial charge in [0.2, 0.25) is 0 Å². The lowest BCUT2D eigenvalue weighted by molar-refractivity contribution is 0.0688. The van der Waals surface area contributed by atoms with Gasteiger partial charge in [0.1, 0.15) is 34.5 Å². The van der Waals surface area contributed by atoms with E-state index in [2.05, 4.69) is 19.9 Å². The number of anilines is 1. The van der Waals surface area contributed by atoms with Crippen molar-refractivity contribution in [3.05, 3.63) is 88.1 Å². The van der Waals surface area contributed by atoms with Gasteiger partial charge in [-0.05, 0) is 45.4 Å². The molecule has 0 aromatic carbocycles. The van der Waals surface area contributed by atoms with Gasteiger partial charge in [0.05, 0.1) is 23.3 Å². The molecule has 3 aromatic heterocycles. The van der Waals surface area contributed by atoms with Gasteiger partial charge in [-0.1, -0.05) is 11.6 Å². The second-order valence-corrected chi connectivity index (χ2v) is 9.20. The van der Waals surface area contributed by atoms with Crippen molar-refractivity contribution in [1.29, 1.82) is 0 Å². The summed E-state index contributed by atoms with van der Waals surface area (Å²) in [6.45, 7) is 6.47. The predicted octanol–water partition coefficient (Wildman–Crippen LogP) is 4.46. The summed E-state index contributed by atoms with van der Waals surface area (Å²) in [7, 11) is 0. The number of rotatable bonds is 6. The molecule has 0 amide bonds. The smallest absolute Gasteiger partial charge is 0.171 e. The standard InChI is InChI=1S/C25H24ClF2N5O3/c1-13-10-30-18(17-5-6-29-24(32-17)25(3,4)35)9-20(13)33-14(2)7-21(22(26)23(33)34)36-12-19-16(28)8-15(27)11-31-19/h5-11,23,34-35H,12H2,1-4H3. The Morgan fingerprint density at radius 1 is 1.11 bits per heavy atom. The van der Waals surface area contributed by atoms with Crippen molar-refractivity contribution >= 4 is 17.3 Å². The van der Waals surface area contributed by atoms with Crippen LogP contribution in [-0.2, 0) is 16.9 Å². The summed E-state index contributed by atoms with van der Waals surface area (Å²) >= 11 is 6.43. The van der Waals surface area contributed by atoms with Crippen LogP contribution in [0, 0.1) is 18.6 Å². The molecular weight excluding hydrogens is 492 g/mol. The third-order valence-electron chi connectivity index (χ3n) is 5.47. The third-order valence-corrected chi connectivity index (χ3v) is 5.86. The van der Waals surface area contributed by atoms with Gasteiger partial charge >= 0.3 is 0 Å². The Morgan fingerprint density at radius 3 is 2.56 bits per heavy atom. The van der Waals surface area contributed by atoms with E-state index in [4.69, 9.17) is 16.3 Å². The Bertz CT molecular complexity index is 1370. The monoisotopic (exact) mass is 515 g/mol. The number of hydrogen-bond acceptors (Lipinski definition) is 8. The molecule has 0 fully saturated rings. The number of aliphatic hydroxyl groups is 2. The van der Waals surface area contributed by atoms with E-state index in [1.807, 2.05) is 6.92 Å². The molecule has 2 N–H and O–H groups in total. The number of ether oxygens (including phenoxy) is 1. The Hall–Kier alpha value is -3.47. The average Bonchev–Trinajstić information content (AvgIpc) is 2.82. The molecule has 188 valence electrons. The molecule has 4 heterocycles. The lowest BCUT2D eigenvalue weighted by Gasteiger charge is -2.35. The van der Waals surface area contributed by atoms with Crippen molar-refractivity contribution in [3.63, 3.8) is 0 Å². The van der Waals surface area contributed by atoms with E-state index in [0.29, 0.717) is 28.8 Å². The predicted molar refractivity (Wildman–Crippen MR) is 129 cm³/mol. The maximum atomic E-state index is 13.9. The normalized spacial score (nSPS) is 16.3. The fourth-order valence-corrected chi connectivity index (χ4v) is 3.80. The van der Waals surface area contributed by atoms with E-state index in [-0.39, 0.29) is 28.9 Å². The molecule has 11 heteroatoms. The van der Waals surface area contributed by atoms with Crippen LogP contribution < -0.4 is 4.90 Å². The molecule has 0 saturated carbocycles. The van der Waals surface area contributed by atoms with Crippen molar-refractivity contribution < 1.29 is 23.7 Å². The van der Waals surface area contributed by atoms with E-state index >= 15 is 0 Å². The number of aryl methyl sites for hydroxylation is 1. The molecule has 4 rings (SSSR count). The second-order valence-electron chi connectivity index (χ2n) is 8.79. The number of hydrogen-bond donors (Lipinski definition) is 2. The first-order valence-electron chi connectivity index (χ1n) is 11.0. The van der Waals surface area contributed by atoms with Crippen LogP contribution in [0.5, 0.6) is 0 Å². The van der Waals surface area contributed by atoms with Crippen molar-refractivity contribution in [3.8, 4) is 11.4 Å². The van der Waals surface area contributed by atoms with Gasteiger partial charge in [-0.3, -0.25) is 9.97 Å². The van der Waals surface area contributed by atoms with Gasteiger partial charge in [-0.25, -0.2) is 18.7 Å². The second kappa shape index (κ2) is 9.88. The minimum atomic E-state index is -1.30. The van der Waals surface area contributed by atoms with E-state index in [1.165, 1.54) is 0 Å². The van der Waals surface area contributed by atoms with Crippen molar-refractivity contribution in [2.75, 3.05) is 4.90 Å². The van der Waals surface area contributed by atoms with Crippen LogP contribution in [0.25, 0.3) is 11.4 Å². The zero-order valence-corrected chi connectivity index (χ0v) is 20.8. The number of aliphatic hydroxyl groups excluding tert-OH is 1. The van der Waals surface area contributed by atoms with Crippen LogP contribution in [0.4, 0.5) is 14.5 Å². The van der Waals surface area contributed by atoms with E-state index in [0.717, 1.165) is 11.8 Å². The van der Waals surface area contributed by atoms with E-state index in [1.54, 1.807) is 56.3 Å². The summed E-state index contributed by atoms with van der Waals surface area (Å²) in [5.74, 6) is -1.25. The van der Waals surface area contributed by atoms with Gasteiger partial charge < -0.3 is 19.8 Å². The Kier molecular flexibility index (Phi) is 7.03. The molecular formula is C25H24ClF2N5O3. The molecule has 1 aliphatic rings. The number of aromatic nitrogens is 4. The lowest BCUT2D eigenvalue weighted by atomic mass is 10.1. The molecule has 0 bridgehead atoms. The van der Waals surface area contributed by atoms with Gasteiger partial charge in [0.25, 0.3) is 0 Å². The van der Waals surface area contributed by atoms with Crippen molar-refractivity contribution in [1.82, 2.24) is 19.9 Å². The SMILES string of the molecule is CC1=CC(OCc2ncc(F)cc2F)=C(Cl)C(O)N1c1cc(-c2ccnc(C(C)(C)O)n2)ncc1C. The minimum absolute atomic E-state index is 0.0211. The maximum Gasteiger partial charge on any atom is 0.171 e. The van der Waals surface area contributed by atoms with Crippen molar-refractivity contribution in [2.24, 2.45) is 0 Å². The van der Waals surface area contributed by atoms with Gasteiger partial charge in [0, 0.05) is 30.2 Å². The lowest BCUT2D eigenvalue weighted by Crippen LogP contribution is -2.37. The highest BCUT2D eigenvalue weighted by Gasteiger charge is 2.30. The van der Waals surface area contributed by atoms with Gasteiger partial charge in [0.15, 0.2) is 17.9 Å². The molecule has 1 unspecified atom stereocenters. The summed E-state index contributed by atoms with van der Waals surface area (Å²) in [5.41, 5.74) is 1.64. The first kappa shape index (κ1) is 25.6. The Morgan fingerprint density at radius 2 is 1.86 bits per heavy atom. The van der Waals surface area contributed by atoms with Crippen LogP contribution in [0.1, 0.15) is 37.9 Å². The summed E-state index contributed by atoms with van der Waals surface area (Å²) < 4.78 is 32.6. The highest BCUT2D eigenvalue weighted by molar-refractivity contribution is 6.31. The topological polar surface area (TPSA) is 104 Å². The van der Waals surface area contributed by atoms with E-state index in [9.17, 15) is 19.0 Å². The molecule has 3 aromatic rings. The fourth-order valence-electron chi connectivity index (χ4n) is 3.60. The first-order chi connectivity index (χ1) is 17.0. The fraction of sp³-hybridized carbons (Fsp3) is 0.280. The highest BCUT2D eigenvalue weighted by atomic mass is 35.5. The average molecular weight is 516 g/mol. The molecule has 0 saturated heterocycles. The third kappa shape index (κ3) is 5.20. The molecule has 0 aliphatic carbocycles. The molecule has 1 atom stereocenters. The van der Waals surface area contributed by atoms with Crippen LogP contribution in [0.2, 0.25) is 0 Å². The van der Waals surface area contributed by atoms with E-state index < -0.39 is 23.5 Å². The first-order valence-corrected chi connectivity index (χ1v) is 11.3. The summed E-state index contributed by atoms with van der Waals surface area (Å²) in [6.07, 6.45) is 4.38. The van der Waals surface area contributed by atoms with Crippen LogP contribution >= 0.6 is 11.6 Å². The number of pyridine rings is 2. The molecule has 0 radical (unpaired) electrons. The Balaban J connectivity index is 1.63. The van der Waals surface area contributed by atoms with Crippen LogP contribution in [0.15, 0.2) is 59.4 Å². The van der Waals surface area contributed by atoms with Crippen molar-refractivity contribution in [2.45, 2.75) is 46.1 Å². The molecule has 0 spiro atoms. The zero-order chi connectivity index (χ0) is 26.2. The Labute approximate surface area is 211 Å². The summed E-state index contributed by atoms with van der Waals surface area (Å²) in [6, 6.07) is 4.14. The quantitative estimate of drug-likeness (QED) is 0.496. The maximum absolute atomic E-state index is 13.9. The number of halogens is 3.